The summed E-state index contributed by atoms with van der Waals surface area (Å²) >= 11 is 0. The van der Waals surface area contributed by atoms with Gasteiger partial charge in [0.25, 0.3) is 0 Å². The second-order valence-corrected chi connectivity index (χ2v) is 13.5. The van der Waals surface area contributed by atoms with Gasteiger partial charge in [-0.25, -0.2) is 4.79 Å². The van der Waals surface area contributed by atoms with Crippen molar-refractivity contribution in [3.63, 3.8) is 0 Å². The van der Waals surface area contributed by atoms with Crippen molar-refractivity contribution >= 4 is 23.4 Å². The predicted molar refractivity (Wildman–Crippen MR) is 170 cm³/mol. The molecule has 40 heavy (non-hydrogen) atoms. The van der Waals surface area contributed by atoms with Crippen molar-refractivity contribution in [1.82, 2.24) is 0 Å². The second-order valence-electron chi connectivity index (χ2n) is 13.5. The van der Waals surface area contributed by atoms with Crippen LogP contribution in [0.15, 0.2) is 28.9 Å². The first-order valence-electron chi connectivity index (χ1n) is 16.8. The zero-order valence-corrected chi connectivity index (χ0v) is 26.4. The molecule has 4 nitrogen and oxygen atoms in total. The van der Waals surface area contributed by atoms with Crippen LogP contribution in [0.3, 0.4) is 0 Å². The molecule has 0 bridgehead atoms. The van der Waals surface area contributed by atoms with Crippen LogP contribution in [0, 0.1) is 23.7 Å². The average Bonchev–Trinajstić information content (AvgIpc) is 3.32. The third-order valence-corrected chi connectivity index (χ3v) is 10.3. The van der Waals surface area contributed by atoms with E-state index >= 15 is 0 Å². The van der Waals surface area contributed by atoms with E-state index in [0.29, 0.717) is 23.6 Å². The molecule has 4 heteroatoms. The van der Waals surface area contributed by atoms with Crippen LogP contribution >= 0.6 is 0 Å². The Morgan fingerprint density at radius 3 is 2.45 bits per heavy atom. The molecule has 1 aromatic rings. The van der Waals surface area contributed by atoms with E-state index in [1.165, 1.54) is 88.3 Å². The number of carbonyl (C=O) groups excluding carboxylic acids is 1. The quantitative estimate of drug-likeness (QED) is 0.193. The normalized spacial score (nSPS) is 27.8. The Morgan fingerprint density at radius 2 is 1.77 bits per heavy atom. The fourth-order valence-electron chi connectivity index (χ4n) is 7.35. The highest BCUT2D eigenvalue weighted by atomic mass is 16.7. The molecule has 0 N–H and O–H groups in total. The molecule has 4 rings (SSSR count). The number of hydrogen-bond acceptors (Lipinski definition) is 4. The summed E-state index contributed by atoms with van der Waals surface area (Å²) in [5.74, 6) is 2.20. The van der Waals surface area contributed by atoms with Crippen molar-refractivity contribution in [3.8, 4) is 0 Å². The molecule has 4 unspecified atom stereocenters. The maximum atomic E-state index is 12.8. The molecule has 2 fully saturated rings. The fourth-order valence-corrected chi connectivity index (χ4v) is 7.35. The van der Waals surface area contributed by atoms with E-state index in [1.54, 1.807) is 0 Å². The molecule has 0 radical (unpaired) electrons. The molecule has 0 spiro atoms. The molecule has 222 valence electrons. The molecule has 3 aliphatic rings. The number of anilines is 1. The Morgan fingerprint density at radius 1 is 1.00 bits per heavy atom. The molecule has 0 amide bonds. The lowest BCUT2D eigenvalue weighted by atomic mass is 9.81. The van der Waals surface area contributed by atoms with Gasteiger partial charge >= 0.3 is 5.97 Å². The highest BCUT2D eigenvalue weighted by Gasteiger charge is 2.33. The summed E-state index contributed by atoms with van der Waals surface area (Å²) in [5, 5.41) is 4.18. The van der Waals surface area contributed by atoms with Gasteiger partial charge in [0.2, 0.25) is 0 Å². The molecular weight excluding hydrogens is 492 g/mol. The minimum absolute atomic E-state index is 0.200. The smallest absolute Gasteiger partial charge is 0.366 e. The Kier molecular flexibility index (Phi) is 11.3. The van der Waals surface area contributed by atoms with Crippen molar-refractivity contribution in [2.75, 3.05) is 4.90 Å². The van der Waals surface area contributed by atoms with Gasteiger partial charge in [-0.3, -0.25) is 0 Å². The van der Waals surface area contributed by atoms with Crippen LogP contribution in [0.5, 0.6) is 0 Å². The molecule has 1 heterocycles. The van der Waals surface area contributed by atoms with Crippen LogP contribution in [-0.4, -0.2) is 23.8 Å². The third kappa shape index (κ3) is 7.59. The molecule has 1 aromatic carbocycles. The molecule has 0 saturated heterocycles. The van der Waals surface area contributed by atoms with Crippen molar-refractivity contribution < 1.29 is 9.63 Å². The van der Waals surface area contributed by atoms with E-state index < -0.39 is 0 Å². The Balaban J connectivity index is 1.74. The van der Waals surface area contributed by atoms with Crippen LogP contribution in [0.4, 0.5) is 5.69 Å². The monoisotopic (exact) mass is 548 g/mol. The van der Waals surface area contributed by atoms with Gasteiger partial charge in [-0.15, -0.1) is 0 Å². The first kappa shape index (κ1) is 30.8. The Hall–Kier alpha value is -2.10. The standard InChI is InChI=1S/C36H56N2O2/c1-7-10-13-28(9-3)22-30-23-33(20-17-29(30)24-34-35(27(6)8-2)37-40-36(34)39)38(31-18-15-25(4)16-19-31)32-14-11-12-26(5)21-32/h17,20,23-28,31-32H,7-16,18-19,21-22H2,1-6H3. The van der Waals surface area contributed by atoms with Gasteiger partial charge in [-0.1, -0.05) is 91.3 Å². The van der Waals surface area contributed by atoms with E-state index in [0.717, 1.165) is 36.0 Å². The Bertz CT molecular complexity index is 1040. The summed E-state index contributed by atoms with van der Waals surface area (Å²) in [6.07, 6.45) is 19.7. The summed E-state index contributed by atoms with van der Waals surface area (Å²) in [5.41, 5.74) is 5.40. The molecule has 0 aromatic heterocycles. The molecule has 4 atom stereocenters. The molecule has 2 saturated carbocycles. The first-order chi connectivity index (χ1) is 19.3. The average molecular weight is 549 g/mol. The van der Waals surface area contributed by atoms with Crippen LogP contribution in [0.2, 0.25) is 0 Å². The van der Waals surface area contributed by atoms with E-state index in [9.17, 15) is 4.79 Å². The molecule has 1 aliphatic heterocycles. The van der Waals surface area contributed by atoms with Crippen LogP contribution < -0.4 is 4.90 Å². The molecule has 2 aliphatic carbocycles. The maximum Gasteiger partial charge on any atom is 0.367 e. The van der Waals surface area contributed by atoms with Gasteiger partial charge in [0.1, 0.15) is 0 Å². The minimum Gasteiger partial charge on any atom is -0.366 e. The van der Waals surface area contributed by atoms with Crippen molar-refractivity contribution in [2.24, 2.45) is 28.8 Å². The highest BCUT2D eigenvalue weighted by molar-refractivity contribution is 6.25. The van der Waals surface area contributed by atoms with Gasteiger partial charge in [-0.2, -0.15) is 0 Å². The summed E-state index contributed by atoms with van der Waals surface area (Å²) in [7, 11) is 0. The number of benzene rings is 1. The first-order valence-corrected chi connectivity index (χ1v) is 16.8. The summed E-state index contributed by atoms with van der Waals surface area (Å²) < 4.78 is 0. The number of carbonyl (C=O) groups is 1. The number of rotatable bonds is 12. The van der Waals surface area contributed by atoms with E-state index in [2.05, 4.69) is 75.9 Å². The van der Waals surface area contributed by atoms with Gasteiger partial charge in [0.15, 0.2) is 0 Å². The number of oxime groups is 1. The summed E-state index contributed by atoms with van der Waals surface area (Å²) in [4.78, 5) is 20.8. The number of nitrogens with zero attached hydrogens (tertiary/aromatic N) is 2. The highest BCUT2D eigenvalue weighted by Crippen LogP contribution is 2.38. The van der Waals surface area contributed by atoms with E-state index in [-0.39, 0.29) is 11.9 Å². The van der Waals surface area contributed by atoms with Crippen LogP contribution in [0.25, 0.3) is 6.08 Å². The van der Waals surface area contributed by atoms with Crippen molar-refractivity contribution in [2.45, 2.75) is 144 Å². The van der Waals surface area contributed by atoms with Crippen molar-refractivity contribution in [1.29, 1.82) is 0 Å². The second kappa shape index (κ2) is 14.7. The summed E-state index contributed by atoms with van der Waals surface area (Å²) in [6, 6.07) is 8.45. The number of hydrogen-bond donors (Lipinski definition) is 0. The predicted octanol–water partition coefficient (Wildman–Crippen LogP) is 9.75. The third-order valence-electron chi connectivity index (χ3n) is 10.3. The van der Waals surface area contributed by atoms with Gasteiger partial charge < -0.3 is 9.74 Å². The van der Waals surface area contributed by atoms with Crippen LogP contribution in [0.1, 0.15) is 136 Å². The van der Waals surface area contributed by atoms with E-state index in [1.807, 2.05) is 0 Å². The van der Waals surface area contributed by atoms with E-state index in [4.69, 9.17) is 4.84 Å². The lowest BCUT2D eigenvalue weighted by Crippen LogP contribution is -2.47. The topological polar surface area (TPSA) is 41.9 Å². The number of unbranched alkanes of at least 4 members (excludes halogenated alkanes) is 1. The maximum absolute atomic E-state index is 12.8. The SMILES string of the molecule is CCCCC(CC)Cc1cc(N(C2CCC(C)CC2)C2CCCC(C)C2)ccc1C=C1C(=O)ON=C1C(C)CC. The zero-order chi connectivity index (χ0) is 28.6. The van der Waals surface area contributed by atoms with Gasteiger partial charge in [0, 0.05) is 23.7 Å². The minimum atomic E-state index is -0.308. The lowest BCUT2D eigenvalue weighted by molar-refractivity contribution is -0.136. The fraction of sp³-hybridized carbons (Fsp3) is 0.722. The van der Waals surface area contributed by atoms with Crippen LogP contribution in [-0.2, 0) is 16.1 Å². The van der Waals surface area contributed by atoms with Gasteiger partial charge in [-0.05, 0) is 98.5 Å². The summed E-state index contributed by atoms with van der Waals surface area (Å²) in [6.45, 7) is 13.8. The van der Waals surface area contributed by atoms with Crippen molar-refractivity contribution in [3.05, 3.63) is 34.9 Å². The zero-order valence-electron chi connectivity index (χ0n) is 26.4. The molecular formula is C36H56N2O2. The lowest BCUT2D eigenvalue weighted by Gasteiger charge is -2.45. The largest absolute Gasteiger partial charge is 0.367 e. The Labute approximate surface area is 245 Å². The van der Waals surface area contributed by atoms with Gasteiger partial charge in [0.05, 0.1) is 11.3 Å².